The van der Waals surface area contributed by atoms with Gasteiger partial charge in [-0.2, -0.15) is 9.78 Å². The van der Waals surface area contributed by atoms with E-state index in [1.165, 1.54) is 16.7 Å². The van der Waals surface area contributed by atoms with Gasteiger partial charge in [-0.3, -0.25) is 4.79 Å². The molecular formula is C29H28BrN3O2. The summed E-state index contributed by atoms with van der Waals surface area (Å²) < 4.78 is 8.36. The van der Waals surface area contributed by atoms with E-state index >= 15 is 0 Å². The van der Waals surface area contributed by atoms with Gasteiger partial charge in [-0.25, -0.2) is 4.98 Å². The van der Waals surface area contributed by atoms with E-state index in [4.69, 9.17) is 9.72 Å². The lowest BCUT2D eigenvalue weighted by Crippen LogP contribution is -2.25. The molecule has 35 heavy (non-hydrogen) atoms. The normalized spacial score (nSPS) is 14.6. The van der Waals surface area contributed by atoms with Crippen molar-refractivity contribution in [2.75, 3.05) is 0 Å². The fourth-order valence-corrected chi connectivity index (χ4v) is 5.04. The molecule has 1 saturated carbocycles. The second-order valence-electron chi connectivity index (χ2n) is 9.18. The summed E-state index contributed by atoms with van der Waals surface area (Å²) in [7, 11) is 0. The summed E-state index contributed by atoms with van der Waals surface area (Å²) in [5.41, 5.74) is 3.78. The molecule has 1 aliphatic rings. The van der Waals surface area contributed by atoms with Crippen molar-refractivity contribution >= 4 is 33.0 Å². The van der Waals surface area contributed by atoms with Gasteiger partial charge in [-0.05, 0) is 61.2 Å². The van der Waals surface area contributed by atoms with Crippen LogP contribution in [0.5, 0.6) is 5.75 Å². The van der Waals surface area contributed by atoms with Crippen LogP contribution in [0.25, 0.3) is 10.9 Å². The molecule has 0 aliphatic heterocycles. The number of hydrogen-bond acceptors (Lipinski definition) is 4. The van der Waals surface area contributed by atoms with Gasteiger partial charge in [0.05, 0.1) is 17.1 Å². The van der Waals surface area contributed by atoms with Crippen LogP contribution in [0.3, 0.4) is 0 Å². The van der Waals surface area contributed by atoms with E-state index in [9.17, 15) is 4.79 Å². The highest BCUT2D eigenvalue weighted by atomic mass is 79.9. The van der Waals surface area contributed by atoms with Gasteiger partial charge in [-0.1, -0.05) is 77.2 Å². The molecule has 0 unspecified atom stereocenters. The molecule has 6 heteroatoms. The highest BCUT2D eigenvalue weighted by Gasteiger charge is 2.22. The van der Waals surface area contributed by atoms with Gasteiger partial charge in [0, 0.05) is 10.4 Å². The van der Waals surface area contributed by atoms with Crippen LogP contribution in [0.15, 0.2) is 81.1 Å². The molecule has 1 aliphatic carbocycles. The minimum Gasteiger partial charge on any atom is -0.489 e. The molecule has 4 aromatic rings. The van der Waals surface area contributed by atoms with E-state index < -0.39 is 0 Å². The molecule has 1 aromatic heterocycles. The first-order valence-electron chi connectivity index (χ1n) is 12.1. The fourth-order valence-electron chi connectivity index (χ4n) is 4.68. The minimum absolute atomic E-state index is 0.139. The molecule has 178 valence electrons. The predicted molar refractivity (Wildman–Crippen MR) is 144 cm³/mol. The molecule has 0 amide bonds. The fraction of sp³-hybridized carbons (Fsp3) is 0.276. The molecule has 0 atom stereocenters. The third kappa shape index (κ3) is 5.54. The van der Waals surface area contributed by atoms with Crippen LogP contribution in [0, 0.1) is 6.92 Å². The number of ether oxygens (including phenoxy) is 1. The number of aromatic nitrogens is 2. The Labute approximate surface area is 213 Å². The van der Waals surface area contributed by atoms with E-state index in [1.807, 2.05) is 48.5 Å². The molecule has 0 bridgehead atoms. The summed E-state index contributed by atoms with van der Waals surface area (Å²) in [6.45, 7) is 2.57. The number of halogens is 1. The van der Waals surface area contributed by atoms with E-state index in [-0.39, 0.29) is 11.5 Å². The lowest BCUT2D eigenvalue weighted by Gasteiger charge is -2.22. The van der Waals surface area contributed by atoms with Gasteiger partial charge in [0.1, 0.15) is 18.2 Å². The molecule has 5 rings (SSSR count). The Morgan fingerprint density at radius 2 is 1.89 bits per heavy atom. The van der Waals surface area contributed by atoms with Crippen molar-refractivity contribution < 1.29 is 4.74 Å². The van der Waals surface area contributed by atoms with Crippen molar-refractivity contribution in [2.24, 2.45) is 5.10 Å². The van der Waals surface area contributed by atoms with Crippen LogP contribution in [0.4, 0.5) is 0 Å². The van der Waals surface area contributed by atoms with Crippen molar-refractivity contribution in [3.63, 3.8) is 0 Å². The monoisotopic (exact) mass is 529 g/mol. The quantitative estimate of drug-likeness (QED) is 0.253. The number of aryl methyl sites for hydroxylation is 1. The summed E-state index contributed by atoms with van der Waals surface area (Å²) in [4.78, 5) is 18.4. The third-order valence-electron chi connectivity index (χ3n) is 6.47. The van der Waals surface area contributed by atoms with Crippen molar-refractivity contribution in [2.45, 2.75) is 51.6 Å². The maximum Gasteiger partial charge on any atom is 0.282 e. The van der Waals surface area contributed by atoms with Gasteiger partial charge in [0.2, 0.25) is 0 Å². The summed E-state index contributed by atoms with van der Waals surface area (Å²) in [6, 6.07) is 21.7. The van der Waals surface area contributed by atoms with E-state index in [0.717, 1.165) is 58.4 Å². The standard InChI is InChI=1S/C29H28BrN3O2/c1-20-7-5-9-22(15-20)19-35-25-12-6-8-21(16-25)18-31-33-28(23-10-3-2-4-11-23)32-27-14-13-24(30)17-26(27)29(33)34/h5-9,12-18,23H,2-4,10-11,19H2,1H3. The molecule has 3 aromatic carbocycles. The van der Waals surface area contributed by atoms with E-state index in [1.54, 1.807) is 6.21 Å². The van der Waals surface area contributed by atoms with Crippen LogP contribution in [-0.2, 0) is 6.61 Å². The molecule has 1 fully saturated rings. The van der Waals surface area contributed by atoms with Crippen molar-refractivity contribution in [3.8, 4) is 5.75 Å². The molecule has 1 heterocycles. The zero-order valence-electron chi connectivity index (χ0n) is 19.8. The van der Waals surface area contributed by atoms with Gasteiger partial charge in [-0.15, -0.1) is 0 Å². The maximum absolute atomic E-state index is 13.5. The SMILES string of the molecule is Cc1cccc(COc2cccc(C=Nn3c(C4CCCCC4)nc4ccc(Br)cc4c3=O)c2)c1. The van der Waals surface area contributed by atoms with Crippen molar-refractivity contribution in [1.29, 1.82) is 0 Å². The molecule has 5 nitrogen and oxygen atoms in total. The Hall–Kier alpha value is -3.25. The Balaban J connectivity index is 1.45. The summed E-state index contributed by atoms with van der Waals surface area (Å²) in [5.74, 6) is 1.76. The topological polar surface area (TPSA) is 56.5 Å². The van der Waals surface area contributed by atoms with Gasteiger partial charge < -0.3 is 4.74 Å². The maximum atomic E-state index is 13.5. The van der Waals surface area contributed by atoms with Gasteiger partial charge in [0.25, 0.3) is 5.56 Å². The van der Waals surface area contributed by atoms with E-state index in [0.29, 0.717) is 12.0 Å². The number of hydrogen-bond donors (Lipinski definition) is 0. The largest absolute Gasteiger partial charge is 0.489 e. The Morgan fingerprint density at radius 3 is 2.71 bits per heavy atom. The summed E-state index contributed by atoms with van der Waals surface area (Å²) in [6.07, 6.45) is 7.34. The molecule has 0 spiro atoms. The minimum atomic E-state index is -0.139. The average Bonchev–Trinajstić information content (AvgIpc) is 2.88. The number of benzene rings is 3. The molecular weight excluding hydrogens is 502 g/mol. The smallest absolute Gasteiger partial charge is 0.282 e. The number of rotatable bonds is 6. The van der Waals surface area contributed by atoms with E-state index in [2.05, 4.69) is 46.2 Å². The molecule has 0 saturated heterocycles. The predicted octanol–water partition coefficient (Wildman–Crippen LogP) is 6.98. The Morgan fingerprint density at radius 1 is 1.06 bits per heavy atom. The highest BCUT2D eigenvalue weighted by Crippen LogP contribution is 2.32. The van der Waals surface area contributed by atoms with Crippen LogP contribution in [0.2, 0.25) is 0 Å². The number of nitrogens with zero attached hydrogens (tertiary/aromatic N) is 3. The van der Waals surface area contributed by atoms with Crippen LogP contribution >= 0.6 is 15.9 Å². The highest BCUT2D eigenvalue weighted by molar-refractivity contribution is 9.10. The zero-order valence-corrected chi connectivity index (χ0v) is 21.4. The first kappa shape index (κ1) is 23.5. The third-order valence-corrected chi connectivity index (χ3v) is 6.97. The molecule has 0 N–H and O–H groups in total. The van der Waals surface area contributed by atoms with Crippen LogP contribution < -0.4 is 10.3 Å². The summed E-state index contributed by atoms with van der Waals surface area (Å²) in [5, 5.41) is 5.21. The number of fused-ring (bicyclic) bond motifs is 1. The van der Waals surface area contributed by atoms with Crippen molar-refractivity contribution in [3.05, 3.63) is 104 Å². The first-order valence-corrected chi connectivity index (χ1v) is 12.9. The van der Waals surface area contributed by atoms with Crippen LogP contribution in [0.1, 0.15) is 60.5 Å². The lowest BCUT2D eigenvalue weighted by molar-refractivity contribution is 0.306. The zero-order chi connectivity index (χ0) is 24.2. The average molecular weight is 530 g/mol. The second kappa shape index (κ2) is 10.6. The second-order valence-corrected chi connectivity index (χ2v) is 10.1. The lowest BCUT2D eigenvalue weighted by atomic mass is 9.88. The molecule has 0 radical (unpaired) electrons. The van der Waals surface area contributed by atoms with Crippen LogP contribution in [-0.4, -0.2) is 15.9 Å². The van der Waals surface area contributed by atoms with Gasteiger partial charge >= 0.3 is 0 Å². The first-order chi connectivity index (χ1) is 17.1. The van der Waals surface area contributed by atoms with Crippen molar-refractivity contribution in [1.82, 2.24) is 9.66 Å². The Kier molecular flexibility index (Phi) is 7.09. The van der Waals surface area contributed by atoms with Gasteiger partial charge in [0.15, 0.2) is 0 Å². The Bertz CT molecular complexity index is 1440. The summed E-state index contributed by atoms with van der Waals surface area (Å²) >= 11 is 3.48.